The fourth-order valence-corrected chi connectivity index (χ4v) is 2.47. The van der Waals surface area contributed by atoms with Gasteiger partial charge in [0.2, 0.25) is 0 Å². The second-order valence-electron chi connectivity index (χ2n) is 5.24. The lowest BCUT2D eigenvalue weighted by Gasteiger charge is -2.39. The summed E-state index contributed by atoms with van der Waals surface area (Å²) in [6.45, 7) is 5.94. The van der Waals surface area contributed by atoms with Gasteiger partial charge in [0.05, 0.1) is 13.2 Å². The lowest BCUT2D eigenvalue weighted by atomic mass is 10.2. The van der Waals surface area contributed by atoms with Gasteiger partial charge < -0.3 is 10.1 Å². The summed E-state index contributed by atoms with van der Waals surface area (Å²) in [4.78, 5) is 3.69. The molecule has 0 radical (unpaired) electrons. The molecule has 1 saturated heterocycles. The van der Waals surface area contributed by atoms with E-state index in [9.17, 15) is 13.2 Å². The van der Waals surface area contributed by atoms with Crippen LogP contribution in [0, 0.1) is 0 Å². The fraction of sp³-hybridized carbons (Fsp3) is 1.00. The second kappa shape index (κ2) is 8.81. The highest BCUT2D eigenvalue weighted by Gasteiger charge is 2.33. The van der Waals surface area contributed by atoms with Crippen LogP contribution >= 0.6 is 0 Å². The molecule has 0 bridgehead atoms. The maximum Gasteiger partial charge on any atom is 0.401 e. The van der Waals surface area contributed by atoms with E-state index in [1.165, 1.54) is 4.90 Å². The minimum absolute atomic E-state index is 0.236. The third-order valence-electron chi connectivity index (χ3n) is 3.49. The molecule has 0 aromatic heterocycles. The Hall–Kier alpha value is -0.370. The van der Waals surface area contributed by atoms with Gasteiger partial charge in [-0.3, -0.25) is 9.80 Å². The first-order chi connectivity index (χ1) is 9.46. The van der Waals surface area contributed by atoms with Crippen molar-refractivity contribution >= 4 is 0 Å². The molecule has 4 nitrogen and oxygen atoms in total. The standard InChI is InChI=1S/C13H26F3N3O/c1-3-4-17-9-12(10-20-2)19-7-5-18(6-8-19)11-13(14,15)16/h12,17H,3-11H2,1-2H3. The first-order valence-electron chi connectivity index (χ1n) is 7.19. The van der Waals surface area contributed by atoms with Crippen LogP contribution in [0.25, 0.3) is 0 Å². The van der Waals surface area contributed by atoms with Gasteiger partial charge in [0.25, 0.3) is 0 Å². The molecule has 1 unspecified atom stereocenters. The van der Waals surface area contributed by atoms with Crippen molar-refractivity contribution < 1.29 is 17.9 Å². The van der Waals surface area contributed by atoms with E-state index in [0.29, 0.717) is 32.8 Å². The molecule has 0 aromatic rings. The van der Waals surface area contributed by atoms with Gasteiger partial charge in [-0.2, -0.15) is 13.2 Å². The van der Waals surface area contributed by atoms with E-state index in [-0.39, 0.29) is 6.04 Å². The first-order valence-corrected chi connectivity index (χ1v) is 7.19. The molecule has 1 aliphatic rings. The average Bonchev–Trinajstić information content (AvgIpc) is 2.37. The zero-order valence-electron chi connectivity index (χ0n) is 12.4. The van der Waals surface area contributed by atoms with Gasteiger partial charge in [0.15, 0.2) is 0 Å². The lowest BCUT2D eigenvalue weighted by Crippen LogP contribution is -2.55. The summed E-state index contributed by atoms with van der Waals surface area (Å²) in [6, 6.07) is 0.236. The van der Waals surface area contributed by atoms with Crippen molar-refractivity contribution in [2.24, 2.45) is 0 Å². The van der Waals surface area contributed by atoms with E-state index in [2.05, 4.69) is 17.1 Å². The van der Waals surface area contributed by atoms with Gasteiger partial charge in [-0.1, -0.05) is 6.92 Å². The van der Waals surface area contributed by atoms with Gasteiger partial charge in [0, 0.05) is 45.9 Å². The summed E-state index contributed by atoms with van der Waals surface area (Å²) in [5.41, 5.74) is 0. The van der Waals surface area contributed by atoms with Gasteiger partial charge in [-0.15, -0.1) is 0 Å². The molecular weight excluding hydrogens is 271 g/mol. The van der Waals surface area contributed by atoms with Crippen LogP contribution in [0.5, 0.6) is 0 Å². The van der Waals surface area contributed by atoms with Gasteiger partial charge in [-0.05, 0) is 13.0 Å². The first kappa shape index (κ1) is 17.7. The molecule has 1 N–H and O–H groups in total. The number of methoxy groups -OCH3 is 1. The quantitative estimate of drug-likeness (QED) is 0.681. The van der Waals surface area contributed by atoms with Crippen LogP contribution in [-0.4, -0.2) is 81.5 Å². The Morgan fingerprint density at radius 1 is 1.20 bits per heavy atom. The second-order valence-corrected chi connectivity index (χ2v) is 5.24. The zero-order valence-corrected chi connectivity index (χ0v) is 12.4. The highest BCUT2D eigenvalue weighted by atomic mass is 19.4. The molecule has 0 aromatic carbocycles. The summed E-state index contributed by atoms with van der Waals surface area (Å²) in [5, 5.41) is 3.35. The molecule has 0 spiro atoms. The molecule has 0 amide bonds. The summed E-state index contributed by atoms with van der Waals surface area (Å²) in [7, 11) is 1.66. The number of alkyl halides is 3. The maximum absolute atomic E-state index is 12.3. The molecule has 1 fully saturated rings. The highest BCUT2D eigenvalue weighted by molar-refractivity contribution is 4.80. The molecule has 0 aliphatic carbocycles. The molecular formula is C13H26F3N3O. The van der Waals surface area contributed by atoms with Crippen LogP contribution < -0.4 is 5.32 Å². The van der Waals surface area contributed by atoms with Gasteiger partial charge in [0.1, 0.15) is 0 Å². The molecule has 1 rings (SSSR count). The number of rotatable bonds is 8. The Balaban J connectivity index is 2.35. The third kappa shape index (κ3) is 6.88. The Morgan fingerprint density at radius 3 is 2.35 bits per heavy atom. The summed E-state index contributed by atoms with van der Waals surface area (Å²) in [6.07, 6.45) is -3.03. The Kier molecular flexibility index (Phi) is 7.79. The van der Waals surface area contributed by atoms with Crippen LogP contribution in [0.2, 0.25) is 0 Å². The normalized spacial score (nSPS) is 20.2. The number of nitrogens with one attached hydrogen (secondary N) is 1. The third-order valence-corrected chi connectivity index (χ3v) is 3.49. The predicted octanol–water partition coefficient (Wildman–Crippen LogP) is 1.18. The van der Waals surface area contributed by atoms with E-state index >= 15 is 0 Å². The topological polar surface area (TPSA) is 27.7 Å². The van der Waals surface area contributed by atoms with Crippen LogP contribution in [0.4, 0.5) is 13.2 Å². The van der Waals surface area contributed by atoms with Gasteiger partial charge in [-0.25, -0.2) is 0 Å². The molecule has 0 saturated carbocycles. The molecule has 7 heteroatoms. The summed E-state index contributed by atoms with van der Waals surface area (Å²) in [5.74, 6) is 0. The molecule has 20 heavy (non-hydrogen) atoms. The summed E-state index contributed by atoms with van der Waals surface area (Å²) >= 11 is 0. The average molecular weight is 297 g/mol. The highest BCUT2D eigenvalue weighted by Crippen LogP contribution is 2.18. The predicted molar refractivity (Wildman–Crippen MR) is 72.9 cm³/mol. The number of hydrogen-bond acceptors (Lipinski definition) is 4. The number of piperazine rings is 1. The van der Waals surface area contributed by atoms with Crippen molar-refractivity contribution in [3.05, 3.63) is 0 Å². The van der Waals surface area contributed by atoms with Crippen LogP contribution in [0.1, 0.15) is 13.3 Å². The number of halogens is 3. The SMILES string of the molecule is CCCNCC(COC)N1CCN(CC(F)(F)F)CC1. The number of ether oxygens (including phenoxy) is 1. The lowest BCUT2D eigenvalue weighted by molar-refractivity contribution is -0.150. The monoisotopic (exact) mass is 297 g/mol. The Bertz CT molecular complexity index is 256. The summed E-state index contributed by atoms with van der Waals surface area (Å²) < 4.78 is 42.2. The Morgan fingerprint density at radius 2 is 1.85 bits per heavy atom. The smallest absolute Gasteiger partial charge is 0.383 e. The van der Waals surface area contributed by atoms with E-state index in [1.807, 2.05) is 0 Å². The van der Waals surface area contributed by atoms with Crippen LogP contribution in [-0.2, 0) is 4.74 Å². The van der Waals surface area contributed by atoms with Crippen molar-refractivity contribution in [1.82, 2.24) is 15.1 Å². The largest absolute Gasteiger partial charge is 0.401 e. The van der Waals surface area contributed by atoms with E-state index < -0.39 is 12.7 Å². The maximum atomic E-state index is 12.3. The molecule has 1 heterocycles. The van der Waals surface area contributed by atoms with Gasteiger partial charge >= 0.3 is 6.18 Å². The molecule has 1 atom stereocenters. The number of hydrogen-bond donors (Lipinski definition) is 1. The fourth-order valence-electron chi connectivity index (χ4n) is 2.47. The van der Waals surface area contributed by atoms with Crippen molar-refractivity contribution in [2.75, 3.05) is 59.5 Å². The Labute approximate surface area is 119 Å². The van der Waals surface area contributed by atoms with E-state index in [0.717, 1.165) is 19.5 Å². The van der Waals surface area contributed by atoms with Crippen LogP contribution in [0.3, 0.4) is 0 Å². The minimum Gasteiger partial charge on any atom is -0.383 e. The van der Waals surface area contributed by atoms with Crippen LogP contribution in [0.15, 0.2) is 0 Å². The van der Waals surface area contributed by atoms with E-state index in [1.54, 1.807) is 7.11 Å². The minimum atomic E-state index is -4.10. The number of nitrogens with zero attached hydrogens (tertiary/aromatic N) is 2. The zero-order chi connectivity index (χ0) is 15.0. The van der Waals surface area contributed by atoms with Crippen molar-refractivity contribution in [1.29, 1.82) is 0 Å². The van der Waals surface area contributed by atoms with Crippen molar-refractivity contribution in [3.8, 4) is 0 Å². The molecule has 1 aliphatic heterocycles. The van der Waals surface area contributed by atoms with Crippen molar-refractivity contribution in [2.45, 2.75) is 25.6 Å². The molecule has 120 valence electrons. The van der Waals surface area contributed by atoms with Crippen molar-refractivity contribution in [3.63, 3.8) is 0 Å². The van der Waals surface area contributed by atoms with E-state index in [4.69, 9.17) is 4.74 Å².